The van der Waals surface area contributed by atoms with E-state index in [1.807, 2.05) is 43.1 Å². The second kappa shape index (κ2) is 10.3. The molecule has 0 bridgehead atoms. The molecule has 0 heterocycles. The zero-order valence-corrected chi connectivity index (χ0v) is 17.4. The van der Waals surface area contributed by atoms with E-state index in [0.717, 1.165) is 37.5 Å². The van der Waals surface area contributed by atoms with Crippen molar-refractivity contribution in [2.45, 2.75) is 31.8 Å². The molecular formula is C17H27ClIN3O2. The number of aliphatic hydroxyl groups is 1. The number of nitrogens with zero attached hydrogens (tertiary/aromatic N) is 2. The molecule has 2 N–H and O–H groups in total. The first-order chi connectivity index (χ1) is 11.0. The lowest BCUT2D eigenvalue weighted by molar-refractivity contribution is -0.0237. The first-order valence-corrected chi connectivity index (χ1v) is 8.50. The summed E-state index contributed by atoms with van der Waals surface area (Å²) >= 11 is 5.85. The number of aliphatic imine (C=N–C) groups is 1. The molecule has 0 amide bonds. The molecule has 1 fully saturated rings. The molecule has 1 saturated carbocycles. The lowest BCUT2D eigenvalue weighted by Crippen LogP contribution is -2.44. The number of hydrogen-bond donors (Lipinski definition) is 2. The van der Waals surface area contributed by atoms with Crippen molar-refractivity contribution in [1.82, 2.24) is 10.2 Å². The Labute approximate surface area is 166 Å². The second-order valence-electron chi connectivity index (χ2n) is 5.97. The van der Waals surface area contributed by atoms with Crippen molar-refractivity contribution in [3.05, 3.63) is 29.3 Å². The molecule has 0 aromatic heterocycles. The van der Waals surface area contributed by atoms with Gasteiger partial charge in [-0.15, -0.1) is 24.0 Å². The zero-order valence-electron chi connectivity index (χ0n) is 14.3. The standard InChI is InChI=1S/C17H26ClN3O2.HI/c1-3-19-16(20-13-17(22)9-4-10-17)21(2)11-12-23-15-7-5-14(18)6-8-15;/h5-8,22H,3-4,9-13H2,1-2H3,(H,19,20);1H. The van der Waals surface area contributed by atoms with Crippen LogP contribution in [0.15, 0.2) is 29.3 Å². The molecule has 0 spiro atoms. The predicted molar refractivity (Wildman–Crippen MR) is 110 cm³/mol. The molecule has 1 aromatic rings. The number of rotatable bonds is 7. The van der Waals surface area contributed by atoms with Crippen LogP contribution in [0.5, 0.6) is 5.75 Å². The molecule has 24 heavy (non-hydrogen) atoms. The van der Waals surface area contributed by atoms with E-state index in [1.165, 1.54) is 0 Å². The highest BCUT2D eigenvalue weighted by molar-refractivity contribution is 14.0. The van der Waals surface area contributed by atoms with E-state index in [0.29, 0.717) is 24.7 Å². The minimum Gasteiger partial charge on any atom is -0.492 e. The van der Waals surface area contributed by atoms with Crippen LogP contribution >= 0.6 is 35.6 Å². The van der Waals surface area contributed by atoms with Gasteiger partial charge >= 0.3 is 0 Å². The SMILES string of the molecule is CCNC(=NCC1(O)CCC1)N(C)CCOc1ccc(Cl)cc1.I. The smallest absolute Gasteiger partial charge is 0.193 e. The molecule has 0 unspecified atom stereocenters. The number of halogens is 2. The van der Waals surface area contributed by atoms with Crippen LogP contribution < -0.4 is 10.1 Å². The van der Waals surface area contributed by atoms with E-state index in [9.17, 15) is 5.11 Å². The minimum absolute atomic E-state index is 0. The summed E-state index contributed by atoms with van der Waals surface area (Å²) in [6, 6.07) is 7.33. The van der Waals surface area contributed by atoms with E-state index in [-0.39, 0.29) is 24.0 Å². The summed E-state index contributed by atoms with van der Waals surface area (Å²) in [6.45, 7) is 4.53. The summed E-state index contributed by atoms with van der Waals surface area (Å²) in [6.07, 6.45) is 2.78. The van der Waals surface area contributed by atoms with Gasteiger partial charge in [0.25, 0.3) is 0 Å². The number of benzene rings is 1. The molecule has 1 aromatic carbocycles. The van der Waals surface area contributed by atoms with Crippen LogP contribution in [0.2, 0.25) is 5.02 Å². The Morgan fingerprint density at radius 3 is 2.58 bits per heavy atom. The van der Waals surface area contributed by atoms with Crippen LogP contribution in [0.3, 0.4) is 0 Å². The lowest BCUT2D eigenvalue weighted by Gasteiger charge is -2.35. The Kier molecular flexibility index (Phi) is 9.15. The number of hydrogen-bond acceptors (Lipinski definition) is 3. The van der Waals surface area contributed by atoms with Crippen LogP contribution in [0, 0.1) is 0 Å². The largest absolute Gasteiger partial charge is 0.492 e. The summed E-state index contributed by atoms with van der Waals surface area (Å²) in [5, 5.41) is 14.1. The first kappa shape index (κ1) is 21.3. The van der Waals surface area contributed by atoms with E-state index in [2.05, 4.69) is 10.3 Å². The van der Waals surface area contributed by atoms with Crippen LogP contribution in [0.25, 0.3) is 0 Å². The number of nitrogens with one attached hydrogen (secondary N) is 1. The molecule has 0 atom stereocenters. The summed E-state index contributed by atoms with van der Waals surface area (Å²) in [4.78, 5) is 6.57. The average molecular weight is 468 g/mol. The summed E-state index contributed by atoms with van der Waals surface area (Å²) in [5.74, 6) is 1.60. The average Bonchev–Trinajstić information content (AvgIpc) is 2.51. The molecule has 0 radical (unpaired) electrons. The maximum atomic E-state index is 10.2. The second-order valence-corrected chi connectivity index (χ2v) is 6.41. The van der Waals surface area contributed by atoms with Crippen LogP contribution in [-0.4, -0.2) is 54.9 Å². The number of likely N-dealkylation sites (N-methyl/N-ethyl adjacent to an activating group) is 1. The van der Waals surface area contributed by atoms with E-state index in [4.69, 9.17) is 16.3 Å². The topological polar surface area (TPSA) is 57.1 Å². The van der Waals surface area contributed by atoms with Crippen LogP contribution in [0.4, 0.5) is 0 Å². The van der Waals surface area contributed by atoms with Crippen LogP contribution in [0.1, 0.15) is 26.2 Å². The van der Waals surface area contributed by atoms with Crippen molar-refractivity contribution in [3.63, 3.8) is 0 Å². The van der Waals surface area contributed by atoms with E-state index < -0.39 is 5.60 Å². The van der Waals surface area contributed by atoms with Gasteiger partial charge in [0, 0.05) is 18.6 Å². The fourth-order valence-corrected chi connectivity index (χ4v) is 2.50. The Morgan fingerprint density at radius 2 is 2.04 bits per heavy atom. The van der Waals surface area contributed by atoms with Crippen molar-refractivity contribution in [2.24, 2.45) is 4.99 Å². The molecular weight excluding hydrogens is 441 g/mol. The Hall–Kier alpha value is -0.730. The molecule has 0 saturated heterocycles. The van der Waals surface area contributed by atoms with Gasteiger partial charge in [-0.3, -0.25) is 4.99 Å². The summed E-state index contributed by atoms with van der Waals surface area (Å²) in [5.41, 5.74) is -0.596. The highest BCUT2D eigenvalue weighted by Crippen LogP contribution is 2.31. The van der Waals surface area contributed by atoms with Crippen molar-refractivity contribution in [3.8, 4) is 5.75 Å². The van der Waals surface area contributed by atoms with Gasteiger partial charge in [-0.2, -0.15) is 0 Å². The normalized spacial score (nSPS) is 15.9. The number of ether oxygens (including phenoxy) is 1. The maximum Gasteiger partial charge on any atom is 0.193 e. The zero-order chi connectivity index (χ0) is 16.7. The quantitative estimate of drug-likeness (QED) is 0.367. The molecule has 5 nitrogen and oxygen atoms in total. The monoisotopic (exact) mass is 467 g/mol. The van der Waals surface area contributed by atoms with Gasteiger partial charge in [-0.1, -0.05) is 11.6 Å². The Balaban J connectivity index is 0.00000288. The fraction of sp³-hybridized carbons (Fsp3) is 0.588. The van der Waals surface area contributed by atoms with Crippen molar-refractivity contribution >= 4 is 41.5 Å². The van der Waals surface area contributed by atoms with Crippen LogP contribution in [-0.2, 0) is 0 Å². The van der Waals surface area contributed by atoms with Gasteiger partial charge < -0.3 is 20.1 Å². The van der Waals surface area contributed by atoms with Gasteiger partial charge in [0.05, 0.1) is 18.7 Å². The van der Waals surface area contributed by atoms with Gasteiger partial charge in [-0.25, -0.2) is 0 Å². The van der Waals surface area contributed by atoms with Crippen molar-refractivity contribution in [1.29, 1.82) is 0 Å². The maximum absolute atomic E-state index is 10.2. The molecule has 136 valence electrons. The highest BCUT2D eigenvalue weighted by Gasteiger charge is 2.34. The van der Waals surface area contributed by atoms with Crippen molar-refractivity contribution in [2.75, 3.05) is 33.3 Å². The molecule has 1 aliphatic carbocycles. The molecule has 2 rings (SSSR count). The molecule has 1 aliphatic rings. The Bertz CT molecular complexity index is 521. The molecule has 7 heteroatoms. The lowest BCUT2D eigenvalue weighted by atomic mass is 9.80. The van der Waals surface area contributed by atoms with Gasteiger partial charge in [0.15, 0.2) is 5.96 Å². The third kappa shape index (κ3) is 6.64. The summed E-state index contributed by atoms with van der Waals surface area (Å²) < 4.78 is 5.71. The van der Waals surface area contributed by atoms with Gasteiger partial charge in [0.2, 0.25) is 0 Å². The van der Waals surface area contributed by atoms with E-state index >= 15 is 0 Å². The van der Waals surface area contributed by atoms with Gasteiger partial charge in [0.1, 0.15) is 12.4 Å². The highest BCUT2D eigenvalue weighted by atomic mass is 127. The third-order valence-corrected chi connectivity index (χ3v) is 4.26. The van der Waals surface area contributed by atoms with Crippen molar-refractivity contribution < 1.29 is 9.84 Å². The fourth-order valence-electron chi connectivity index (χ4n) is 2.37. The summed E-state index contributed by atoms with van der Waals surface area (Å²) in [7, 11) is 1.97. The Morgan fingerprint density at radius 1 is 1.38 bits per heavy atom. The van der Waals surface area contributed by atoms with E-state index in [1.54, 1.807) is 0 Å². The minimum atomic E-state index is -0.596. The van der Waals surface area contributed by atoms with Gasteiger partial charge in [-0.05, 0) is 50.5 Å². The third-order valence-electron chi connectivity index (χ3n) is 4.01. The first-order valence-electron chi connectivity index (χ1n) is 8.12. The molecule has 0 aliphatic heterocycles. The number of guanidine groups is 1. The predicted octanol–water partition coefficient (Wildman–Crippen LogP) is 3.15.